The summed E-state index contributed by atoms with van der Waals surface area (Å²) in [6.45, 7) is 0. The van der Waals surface area contributed by atoms with Crippen molar-refractivity contribution in [3.8, 4) is 0 Å². The first kappa shape index (κ1) is 7.90. The molecule has 3 aliphatic rings. The normalized spacial score (nSPS) is 50.6. The lowest BCUT2D eigenvalue weighted by atomic mass is 9.79. The minimum Gasteiger partial charge on any atom is -0.229 e. The van der Waals surface area contributed by atoms with E-state index in [1.54, 1.807) is 0 Å². The lowest BCUT2D eigenvalue weighted by Gasteiger charge is -2.28. The average molecular weight is 191 g/mol. The SMILES string of the molecule is S=C=N[C@@H]1C[C@@H]2C[C@H]1[C@@H]1CC=C[C@H]21. The Morgan fingerprint density at radius 2 is 2.23 bits per heavy atom. The largest absolute Gasteiger partial charge is 0.229 e. The number of fused-ring (bicyclic) bond motifs is 5. The predicted molar refractivity (Wildman–Crippen MR) is 55.8 cm³/mol. The molecule has 1 nitrogen and oxygen atoms in total. The third-order valence-electron chi connectivity index (χ3n) is 4.19. The minimum absolute atomic E-state index is 0.517. The van der Waals surface area contributed by atoms with Crippen molar-refractivity contribution in [2.75, 3.05) is 0 Å². The highest BCUT2D eigenvalue weighted by Gasteiger charge is 2.52. The van der Waals surface area contributed by atoms with Crippen molar-refractivity contribution in [1.82, 2.24) is 0 Å². The number of isothiocyanates is 1. The molecule has 2 fully saturated rings. The van der Waals surface area contributed by atoms with Crippen LogP contribution in [0.1, 0.15) is 19.3 Å². The highest BCUT2D eigenvalue weighted by atomic mass is 32.1. The smallest absolute Gasteiger partial charge is 0.0636 e. The maximum atomic E-state index is 4.69. The van der Waals surface area contributed by atoms with Gasteiger partial charge in [-0.1, -0.05) is 12.2 Å². The van der Waals surface area contributed by atoms with Gasteiger partial charge in [-0.2, -0.15) is 0 Å². The fourth-order valence-electron chi connectivity index (χ4n) is 3.74. The van der Waals surface area contributed by atoms with Crippen molar-refractivity contribution in [2.45, 2.75) is 25.3 Å². The standard InChI is InChI=1S/C11H13NS/c13-6-12-11-5-7-4-10(11)9-3-1-2-8(7)9/h1-2,7-11H,3-5H2/t7-,8+,9+,10-,11+/m0/s1. The Morgan fingerprint density at radius 1 is 1.31 bits per heavy atom. The second-order valence-corrected chi connectivity index (χ2v) is 4.77. The van der Waals surface area contributed by atoms with E-state index in [0.29, 0.717) is 6.04 Å². The molecule has 0 aromatic carbocycles. The summed E-state index contributed by atoms with van der Waals surface area (Å²) in [6.07, 6.45) is 8.74. The molecule has 0 aromatic rings. The van der Waals surface area contributed by atoms with Gasteiger partial charge in [0.05, 0.1) is 11.2 Å². The summed E-state index contributed by atoms with van der Waals surface area (Å²) >= 11 is 4.69. The van der Waals surface area contributed by atoms with E-state index in [2.05, 4.69) is 22.3 Å². The van der Waals surface area contributed by atoms with Gasteiger partial charge in [-0.3, -0.25) is 0 Å². The molecule has 2 saturated carbocycles. The topological polar surface area (TPSA) is 12.4 Å². The summed E-state index contributed by atoms with van der Waals surface area (Å²) in [6, 6.07) is 0.517. The first-order valence-electron chi connectivity index (χ1n) is 5.14. The van der Waals surface area contributed by atoms with E-state index in [-0.39, 0.29) is 0 Å². The molecule has 0 radical (unpaired) electrons. The van der Waals surface area contributed by atoms with Crippen LogP contribution >= 0.6 is 12.2 Å². The van der Waals surface area contributed by atoms with E-state index in [9.17, 15) is 0 Å². The summed E-state index contributed by atoms with van der Waals surface area (Å²) in [5, 5.41) is 2.56. The van der Waals surface area contributed by atoms with Crippen molar-refractivity contribution in [3.63, 3.8) is 0 Å². The van der Waals surface area contributed by atoms with Gasteiger partial charge in [0, 0.05) is 0 Å². The zero-order valence-electron chi connectivity index (χ0n) is 7.52. The Bertz CT molecular complexity index is 303. The van der Waals surface area contributed by atoms with Crippen LogP contribution < -0.4 is 0 Å². The molecule has 3 rings (SSSR count). The molecule has 0 N–H and O–H groups in total. The Hall–Kier alpha value is -0.460. The van der Waals surface area contributed by atoms with Crippen LogP contribution in [0, 0.1) is 23.7 Å². The maximum absolute atomic E-state index is 4.69. The number of hydrogen-bond donors (Lipinski definition) is 0. The van der Waals surface area contributed by atoms with E-state index in [1.807, 2.05) is 0 Å². The van der Waals surface area contributed by atoms with Crippen LogP contribution in [-0.2, 0) is 0 Å². The first-order valence-corrected chi connectivity index (χ1v) is 5.54. The van der Waals surface area contributed by atoms with Gasteiger partial charge in [0.15, 0.2) is 0 Å². The first-order chi connectivity index (χ1) is 6.40. The van der Waals surface area contributed by atoms with Gasteiger partial charge in [-0.25, -0.2) is 4.99 Å². The maximum Gasteiger partial charge on any atom is 0.0636 e. The Morgan fingerprint density at radius 3 is 3.08 bits per heavy atom. The van der Waals surface area contributed by atoms with E-state index >= 15 is 0 Å². The monoisotopic (exact) mass is 191 g/mol. The fraction of sp³-hybridized carbons (Fsp3) is 0.727. The van der Waals surface area contributed by atoms with Crippen molar-refractivity contribution in [3.05, 3.63) is 12.2 Å². The lowest BCUT2D eigenvalue weighted by Crippen LogP contribution is -2.26. The van der Waals surface area contributed by atoms with Gasteiger partial charge in [-0.05, 0) is 55.2 Å². The molecule has 0 heterocycles. The molecule has 0 aromatic heterocycles. The Balaban J connectivity index is 1.87. The molecule has 5 atom stereocenters. The van der Waals surface area contributed by atoms with Crippen LogP contribution in [-0.4, -0.2) is 11.2 Å². The molecule has 0 saturated heterocycles. The minimum atomic E-state index is 0.517. The van der Waals surface area contributed by atoms with Crippen LogP contribution in [0.2, 0.25) is 0 Å². The third kappa shape index (κ3) is 0.992. The molecular weight excluding hydrogens is 178 g/mol. The second kappa shape index (κ2) is 2.76. The molecule has 68 valence electrons. The van der Waals surface area contributed by atoms with E-state index in [4.69, 9.17) is 12.2 Å². The highest BCUT2D eigenvalue weighted by Crippen LogP contribution is 2.57. The molecular formula is C11H13NS. The molecule has 3 aliphatic carbocycles. The lowest BCUT2D eigenvalue weighted by molar-refractivity contribution is 0.257. The van der Waals surface area contributed by atoms with Gasteiger partial charge in [0.2, 0.25) is 0 Å². The van der Waals surface area contributed by atoms with Crippen LogP contribution in [0.4, 0.5) is 0 Å². The molecule has 2 bridgehead atoms. The Labute approximate surface area is 83.9 Å². The predicted octanol–water partition coefficient (Wildman–Crippen LogP) is 2.69. The number of aliphatic imine (C=N–C) groups is 1. The number of rotatable bonds is 1. The van der Waals surface area contributed by atoms with E-state index < -0.39 is 0 Å². The van der Waals surface area contributed by atoms with E-state index in [0.717, 1.165) is 23.7 Å². The summed E-state index contributed by atoms with van der Waals surface area (Å²) in [5.41, 5.74) is 0. The Kier molecular flexibility index (Phi) is 1.68. The summed E-state index contributed by atoms with van der Waals surface area (Å²) in [7, 11) is 0. The summed E-state index contributed by atoms with van der Waals surface area (Å²) in [5.74, 6) is 3.52. The molecule has 2 heteroatoms. The van der Waals surface area contributed by atoms with Crippen molar-refractivity contribution in [1.29, 1.82) is 0 Å². The van der Waals surface area contributed by atoms with Gasteiger partial charge in [0.1, 0.15) is 0 Å². The van der Waals surface area contributed by atoms with Crippen molar-refractivity contribution >= 4 is 17.4 Å². The van der Waals surface area contributed by atoms with E-state index in [1.165, 1.54) is 19.3 Å². The van der Waals surface area contributed by atoms with Crippen LogP contribution in [0.25, 0.3) is 0 Å². The number of nitrogens with zero attached hydrogens (tertiary/aromatic N) is 1. The molecule has 0 amide bonds. The molecule has 0 unspecified atom stereocenters. The quantitative estimate of drug-likeness (QED) is 0.352. The summed E-state index contributed by atoms with van der Waals surface area (Å²) < 4.78 is 0. The fourth-order valence-corrected chi connectivity index (χ4v) is 3.87. The second-order valence-electron chi connectivity index (χ2n) is 4.59. The van der Waals surface area contributed by atoms with Crippen LogP contribution in [0.3, 0.4) is 0 Å². The number of thiocarbonyl (C=S) groups is 1. The van der Waals surface area contributed by atoms with Gasteiger partial charge >= 0.3 is 0 Å². The van der Waals surface area contributed by atoms with Gasteiger partial charge in [0.25, 0.3) is 0 Å². The molecule has 0 spiro atoms. The van der Waals surface area contributed by atoms with Crippen molar-refractivity contribution in [2.24, 2.45) is 28.7 Å². The van der Waals surface area contributed by atoms with Crippen LogP contribution in [0.5, 0.6) is 0 Å². The average Bonchev–Trinajstić information content (AvgIpc) is 2.72. The zero-order valence-corrected chi connectivity index (χ0v) is 8.33. The van der Waals surface area contributed by atoms with Gasteiger partial charge in [-0.15, -0.1) is 0 Å². The number of hydrogen-bond acceptors (Lipinski definition) is 2. The zero-order chi connectivity index (χ0) is 8.84. The van der Waals surface area contributed by atoms with Gasteiger partial charge < -0.3 is 0 Å². The third-order valence-corrected chi connectivity index (χ3v) is 4.29. The highest BCUT2D eigenvalue weighted by molar-refractivity contribution is 7.78. The summed E-state index contributed by atoms with van der Waals surface area (Å²) in [4.78, 5) is 4.30. The van der Waals surface area contributed by atoms with Crippen molar-refractivity contribution < 1.29 is 0 Å². The number of allylic oxidation sites excluding steroid dienone is 2. The molecule has 13 heavy (non-hydrogen) atoms. The van der Waals surface area contributed by atoms with Crippen LogP contribution in [0.15, 0.2) is 17.1 Å². The molecule has 0 aliphatic heterocycles.